The van der Waals surface area contributed by atoms with Crippen molar-refractivity contribution in [1.29, 1.82) is 0 Å². The number of fused-ring (bicyclic) bond motifs is 3. The number of rotatable bonds is 0. The van der Waals surface area contributed by atoms with Gasteiger partial charge in [-0.3, -0.25) is 4.79 Å². The number of pyridine rings is 1. The fourth-order valence-corrected chi connectivity index (χ4v) is 2.68. The van der Waals surface area contributed by atoms with Crippen molar-refractivity contribution in [3.05, 3.63) is 40.0 Å². The summed E-state index contributed by atoms with van der Waals surface area (Å²) in [6, 6.07) is 6.48. The molecule has 0 radical (unpaired) electrons. The Morgan fingerprint density at radius 2 is 2.06 bits per heavy atom. The van der Waals surface area contributed by atoms with Crippen LogP contribution in [0.4, 0.5) is 0 Å². The highest BCUT2D eigenvalue weighted by atomic mass is 32.1. The predicted molar refractivity (Wildman–Crippen MR) is 62.4 cm³/mol. The van der Waals surface area contributed by atoms with E-state index in [-0.39, 0.29) is 5.75 Å². The molecule has 0 saturated carbocycles. The fraction of sp³-hybridized carbons (Fsp3) is 0. The van der Waals surface area contributed by atoms with Crippen LogP contribution in [0.5, 0.6) is 5.75 Å². The Balaban J connectivity index is 2.78. The first-order valence-corrected chi connectivity index (χ1v) is 5.51. The number of hydrogen-bond acceptors (Lipinski definition) is 4. The molecule has 0 aliphatic carbocycles. The molecule has 0 aliphatic heterocycles. The van der Waals surface area contributed by atoms with Gasteiger partial charge in [0.25, 0.3) is 0 Å². The SMILES string of the molecule is O=c1c2sccc2c2c(O)cccc2n1O. The number of thiophene rings is 1. The number of aromatic hydroxyl groups is 1. The largest absolute Gasteiger partial charge is 0.507 e. The van der Waals surface area contributed by atoms with E-state index < -0.39 is 5.56 Å². The van der Waals surface area contributed by atoms with Gasteiger partial charge in [-0.1, -0.05) is 6.07 Å². The van der Waals surface area contributed by atoms with Crippen molar-refractivity contribution in [2.45, 2.75) is 0 Å². The molecular weight excluding hydrogens is 226 g/mol. The maximum Gasteiger partial charge on any atom is 0.301 e. The van der Waals surface area contributed by atoms with E-state index in [1.54, 1.807) is 23.6 Å². The average Bonchev–Trinajstić information content (AvgIpc) is 2.74. The number of phenols is 1. The van der Waals surface area contributed by atoms with E-state index in [1.807, 2.05) is 0 Å². The molecule has 3 aromatic rings. The molecule has 2 N–H and O–H groups in total. The number of phenolic OH excluding ortho intramolecular Hbond substituents is 1. The molecule has 4 nitrogen and oxygen atoms in total. The Bertz CT molecular complexity index is 757. The topological polar surface area (TPSA) is 62.5 Å². The van der Waals surface area contributed by atoms with Crippen LogP contribution in [0.15, 0.2) is 34.4 Å². The molecule has 16 heavy (non-hydrogen) atoms. The van der Waals surface area contributed by atoms with Crippen LogP contribution in [0.3, 0.4) is 0 Å². The maximum atomic E-state index is 11.8. The Kier molecular flexibility index (Phi) is 1.73. The van der Waals surface area contributed by atoms with Crippen LogP contribution in [-0.4, -0.2) is 15.0 Å². The van der Waals surface area contributed by atoms with Gasteiger partial charge in [0.05, 0.1) is 10.9 Å². The summed E-state index contributed by atoms with van der Waals surface area (Å²) in [4.78, 5) is 11.8. The third-order valence-corrected chi connectivity index (χ3v) is 3.47. The third kappa shape index (κ3) is 1.00. The zero-order chi connectivity index (χ0) is 11.3. The summed E-state index contributed by atoms with van der Waals surface area (Å²) in [6.07, 6.45) is 0. The second kappa shape index (κ2) is 2.99. The summed E-state index contributed by atoms with van der Waals surface area (Å²) in [7, 11) is 0. The van der Waals surface area contributed by atoms with Gasteiger partial charge < -0.3 is 10.3 Å². The first-order chi connectivity index (χ1) is 7.70. The lowest BCUT2D eigenvalue weighted by atomic mass is 10.1. The van der Waals surface area contributed by atoms with Crippen molar-refractivity contribution in [2.24, 2.45) is 0 Å². The van der Waals surface area contributed by atoms with Crippen LogP contribution < -0.4 is 5.56 Å². The number of hydrogen-bond donors (Lipinski definition) is 2. The Labute approximate surface area is 93.6 Å². The Morgan fingerprint density at radius 1 is 1.25 bits per heavy atom. The number of nitrogens with zero attached hydrogens (tertiary/aromatic N) is 1. The lowest BCUT2D eigenvalue weighted by molar-refractivity contribution is 0.190. The van der Waals surface area contributed by atoms with E-state index in [2.05, 4.69) is 0 Å². The summed E-state index contributed by atoms with van der Waals surface area (Å²) >= 11 is 1.25. The highest BCUT2D eigenvalue weighted by Gasteiger charge is 2.13. The highest BCUT2D eigenvalue weighted by Crippen LogP contribution is 2.31. The molecule has 3 rings (SSSR count). The van der Waals surface area contributed by atoms with E-state index in [0.717, 1.165) is 0 Å². The van der Waals surface area contributed by atoms with Gasteiger partial charge in [0.1, 0.15) is 10.4 Å². The first kappa shape index (κ1) is 9.23. The smallest absolute Gasteiger partial charge is 0.301 e. The molecule has 80 valence electrons. The van der Waals surface area contributed by atoms with Crippen LogP contribution >= 0.6 is 11.3 Å². The van der Waals surface area contributed by atoms with Crippen LogP contribution in [-0.2, 0) is 0 Å². The van der Waals surface area contributed by atoms with E-state index in [1.165, 1.54) is 17.4 Å². The lowest BCUT2D eigenvalue weighted by Gasteiger charge is -2.05. The van der Waals surface area contributed by atoms with Crippen LogP contribution in [0, 0.1) is 0 Å². The Hall–Kier alpha value is -2.01. The molecule has 0 spiro atoms. The highest BCUT2D eigenvalue weighted by molar-refractivity contribution is 7.17. The molecular formula is C11H7NO3S. The molecule has 0 fully saturated rings. The van der Waals surface area contributed by atoms with Gasteiger partial charge >= 0.3 is 5.56 Å². The lowest BCUT2D eigenvalue weighted by Crippen LogP contribution is -2.17. The first-order valence-electron chi connectivity index (χ1n) is 4.63. The molecule has 1 aromatic carbocycles. The normalized spacial score (nSPS) is 11.2. The minimum atomic E-state index is -0.455. The van der Waals surface area contributed by atoms with Gasteiger partial charge in [0.2, 0.25) is 0 Å². The summed E-state index contributed by atoms with van der Waals surface area (Å²) in [5, 5.41) is 22.4. The Morgan fingerprint density at radius 3 is 2.88 bits per heavy atom. The predicted octanol–water partition coefficient (Wildman–Crippen LogP) is 2.16. The van der Waals surface area contributed by atoms with Gasteiger partial charge in [0.15, 0.2) is 0 Å². The third-order valence-electron chi connectivity index (χ3n) is 2.57. The van der Waals surface area contributed by atoms with Crippen molar-refractivity contribution in [1.82, 2.24) is 4.73 Å². The van der Waals surface area contributed by atoms with Gasteiger partial charge in [0, 0.05) is 5.39 Å². The number of aromatic nitrogens is 1. The fourth-order valence-electron chi connectivity index (χ4n) is 1.86. The van der Waals surface area contributed by atoms with Gasteiger partial charge in [-0.25, -0.2) is 0 Å². The average molecular weight is 233 g/mol. The maximum absolute atomic E-state index is 11.8. The van der Waals surface area contributed by atoms with Crippen molar-refractivity contribution in [3.63, 3.8) is 0 Å². The van der Waals surface area contributed by atoms with Crippen molar-refractivity contribution in [2.75, 3.05) is 0 Å². The van der Waals surface area contributed by atoms with Crippen LogP contribution in [0.25, 0.3) is 21.0 Å². The van der Waals surface area contributed by atoms with Crippen molar-refractivity contribution in [3.8, 4) is 5.75 Å². The summed E-state index contributed by atoms with van der Waals surface area (Å²) < 4.78 is 1.02. The second-order valence-electron chi connectivity index (χ2n) is 3.45. The van der Waals surface area contributed by atoms with Crippen LogP contribution in [0.1, 0.15) is 0 Å². The van der Waals surface area contributed by atoms with Crippen molar-refractivity contribution >= 4 is 32.3 Å². The molecule has 0 aliphatic rings. The van der Waals surface area contributed by atoms with Crippen LogP contribution in [0.2, 0.25) is 0 Å². The summed E-state index contributed by atoms with van der Waals surface area (Å²) in [5.41, 5.74) is -0.140. The molecule has 2 aromatic heterocycles. The van der Waals surface area contributed by atoms with E-state index in [0.29, 0.717) is 25.7 Å². The molecule has 0 bridgehead atoms. The molecule has 2 heterocycles. The molecule has 0 atom stereocenters. The molecule has 0 unspecified atom stereocenters. The molecule has 0 amide bonds. The monoisotopic (exact) mass is 233 g/mol. The zero-order valence-electron chi connectivity index (χ0n) is 8.04. The number of benzene rings is 1. The molecule has 0 saturated heterocycles. The van der Waals surface area contributed by atoms with Gasteiger partial charge in [-0.15, -0.1) is 16.1 Å². The van der Waals surface area contributed by atoms with Gasteiger partial charge in [-0.2, -0.15) is 0 Å². The quantitative estimate of drug-likeness (QED) is 0.585. The summed E-state index contributed by atoms with van der Waals surface area (Å²) in [6.45, 7) is 0. The van der Waals surface area contributed by atoms with Gasteiger partial charge in [-0.05, 0) is 23.6 Å². The van der Waals surface area contributed by atoms with E-state index in [4.69, 9.17) is 0 Å². The minimum Gasteiger partial charge on any atom is -0.507 e. The second-order valence-corrected chi connectivity index (χ2v) is 4.37. The summed E-state index contributed by atoms with van der Waals surface area (Å²) in [5.74, 6) is 0.0590. The van der Waals surface area contributed by atoms with E-state index in [9.17, 15) is 15.1 Å². The van der Waals surface area contributed by atoms with E-state index >= 15 is 0 Å². The van der Waals surface area contributed by atoms with Crippen molar-refractivity contribution < 1.29 is 10.3 Å². The zero-order valence-corrected chi connectivity index (χ0v) is 8.86. The standard InChI is InChI=1S/C11H7NO3S/c13-8-3-1-2-7-9(8)6-4-5-16-10(6)11(14)12(7)15/h1-5,13,15H. The molecule has 5 heteroatoms. The minimum absolute atomic E-state index is 0.0590.